The zero-order valence-electron chi connectivity index (χ0n) is 14.5. The molecule has 6 nitrogen and oxygen atoms in total. The van der Waals surface area contributed by atoms with Gasteiger partial charge in [-0.15, -0.1) is 10.2 Å². The van der Waals surface area contributed by atoms with Crippen molar-refractivity contribution in [2.45, 2.75) is 31.6 Å². The second-order valence-electron chi connectivity index (χ2n) is 6.60. The van der Waals surface area contributed by atoms with Crippen LogP contribution >= 0.6 is 0 Å². The summed E-state index contributed by atoms with van der Waals surface area (Å²) in [4.78, 5) is 14.4. The fraction of sp³-hybridized carbons (Fsp3) is 0.350. The van der Waals surface area contributed by atoms with Crippen LogP contribution in [-0.2, 0) is 11.2 Å². The third-order valence-electron chi connectivity index (χ3n) is 4.88. The number of furan rings is 1. The van der Waals surface area contributed by atoms with E-state index in [-0.39, 0.29) is 11.8 Å². The van der Waals surface area contributed by atoms with Gasteiger partial charge in [-0.1, -0.05) is 30.3 Å². The molecule has 1 saturated heterocycles. The number of rotatable bonds is 5. The maximum Gasteiger partial charge on any atom is 0.250 e. The van der Waals surface area contributed by atoms with Crippen LogP contribution in [0.1, 0.15) is 36.6 Å². The van der Waals surface area contributed by atoms with Gasteiger partial charge >= 0.3 is 0 Å². The second kappa shape index (κ2) is 7.56. The number of carbonyl (C=O) groups is 1. The molecule has 134 valence electrons. The summed E-state index contributed by atoms with van der Waals surface area (Å²) >= 11 is 0. The van der Waals surface area contributed by atoms with E-state index in [1.165, 1.54) is 5.56 Å². The van der Waals surface area contributed by atoms with Crippen LogP contribution in [0, 0.1) is 0 Å². The number of carbonyl (C=O) groups excluding carboxylic acids is 1. The lowest BCUT2D eigenvalue weighted by Crippen LogP contribution is -2.38. The predicted molar refractivity (Wildman–Crippen MR) is 95.3 cm³/mol. The van der Waals surface area contributed by atoms with Crippen LogP contribution < -0.4 is 0 Å². The maximum atomic E-state index is 12.4. The summed E-state index contributed by atoms with van der Waals surface area (Å²) in [6, 6.07) is 11.9. The molecule has 26 heavy (non-hydrogen) atoms. The van der Waals surface area contributed by atoms with Crippen molar-refractivity contribution in [3.05, 3.63) is 60.4 Å². The van der Waals surface area contributed by atoms with Gasteiger partial charge in [0.1, 0.15) is 6.26 Å². The van der Waals surface area contributed by atoms with Gasteiger partial charge in [0.25, 0.3) is 5.89 Å². The molecule has 0 N–H and O–H groups in total. The molecule has 1 amide bonds. The third kappa shape index (κ3) is 3.69. The molecule has 0 unspecified atom stereocenters. The van der Waals surface area contributed by atoms with E-state index in [1.54, 1.807) is 18.6 Å². The molecular weight excluding hydrogens is 330 g/mol. The van der Waals surface area contributed by atoms with E-state index in [0.717, 1.165) is 37.9 Å². The first-order valence-electron chi connectivity index (χ1n) is 8.97. The Morgan fingerprint density at radius 2 is 1.92 bits per heavy atom. The van der Waals surface area contributed by atoms with Crippen LogP contribution in [0.25, 0.3) is 11.5 Å². The zero-order chi connectivity index (χ0) is 17.8. The van der Waals surface area contributed by atoms with Crippen molar-refractivity contribution < 1.29 is 13.6 Å². The Balaban J connectivity index is 1.29. The molecule has 2 aromatic heterocycles. The normalized spacial score (nSPS) is 15.3. The number of nitrogens with zero attached hydrogens (tertiary/aromatic N) is 3. The van der Waals surface area contributed by atoms with Crippen LogP contribution in [0.5, 0.6) is 0 Å². The summed E-state index contributed by atoms with van der Waals surface area (Å²) in [5, 5.41) is 8.27. The molecular formula is C20H21N3O3. The number of piperidine rings is 1. The van der Waals surface area contributed by atoms with E-state index >= 15 is 0 Å². The van der Waals surface area contributed by atoms with E-state index in [1.807, 2.05) is 23.1 Å². The van der Waals surface area contributed by atoms with E-state index in [4.69, 9.17) is 8.83 Å². The topological polar surface area (TPSA) is 72.4 Å². The SMILES string of the molecule is O=C(CCc1ccccc1)N1CCC(c2nnc(-c3ccoc3)o2)CC1. The number of amides is 1. The summed E-state index contributed by atoms with van der Waals surface area (Å²) in [6.45, 7) is 1.48. The molecule has 0 atom stereocenters. The summed E-state index contributed by atoms with van der Waals surface area (Å²) in [5.41, 5.74) is 1.99. The number of aryl methyl sites for hydroxylation is 1. The van der Waals surface area contributed by atoms with Crippen molar-refractivity contribution in [3.63, 3.8) is 0 Å². The van der Waals surface area contributed by atoms with Crippen molar-refractivity contribution in [2.75, 3.05) is 13.1 Å². The van der Waals surface area contributed by atoms with Gasteiger partial charge in [-0.2, -0.15) is 0 Å². The highest BCUT2D eigenvalue weighted by atomic mass is 16.4. The molecule has 0 radical (unpaired) electrons. The fourth-order valence-corrected chi connectivity index (χ4v) is 3.33. The summed E-state index contributed by atoms with van der Waals surface area (Å²) < 4.78 is 10.8. The largest absolute Gasteiger partial charge is 0.472 e. The zero-order valence-corrected chi connectivity index (χ0v) is 14.5. The van der Waals surface area contributed by atoms with Gasteiger partial charge in [0, 0.05) is 25.4 Å². The molecule has 0 spiro atoms. The first kappa shape index (κ1) is 16.6. The molecule has 1 aliphatic rings. The Bertz CT molecular complexity index is 834. The van der Waals surface area contributed by atoms with Gasteiger partial charge in [-0.3, -0.25) is 4.79 Å². The van der Waals surface area contributed by atoms with Gasteiger partial charge in [-0.25, -0.2) is 0 Å². The van der Waals surface area contributed by atoms with Crippen LogP contribution in [0.3, 0.4) is 0 Å². The van der Waals surface area contributed by atoms with Crippen molar-refractivity contribution in [1.82, 2.24) is 15.1 Å². The molecule has 0 bridgehead atoms. The average Bonchev–Trinajstić information content (AvgIpc) is 3.38. The second-order valence-corrected chi connectivity index (χ2v) is 6.60. The minimum absolute atomic E-state index is 0.210. The number of hydrogen-bond donors (Lipinski definition) is 0. The molecule has 6 heteroatoms. The lowest BCUT2D eigenvalue weighted by molar-refractivity contribution is -0.132. The van der Waals surface area contributed by atoms with Crippen molar-refractivity contribution >= 4 is 5.91 Å². The maximum absolute atomic E-state index is 12.4. The van der Waals surface area contributed by atoms with Crippen molar-refractivity contribution in [2.24, 2.45) is 0 Å². The number of benzene rings is 1. The third-order valence-corrected chi connectivity index (χ3v) is 4.88. The Morgan fingerprint density at radius 3 is 2.65 bits per heavy atom. The Kier molecular flexibility index (Phi) is 4.82. The van der Waals surface area contributed by atoms with Crippen LogP contribution in [0.4, 0.5) is 0 Å². The highest BCUT2D eigenvalue weighted by Gasteiger charge is 2.27. The molecule has 1 aromatic carbocycles. The first-order valence-corrected chi connectivity index (χ1v) is 8.97. The Labute approximate surface area is 151 Å². The Hall–Kier alpha value is -2.89. The standard InChI is InChI=1S/C20H21N3O3/c24-18(7-6-15-4-2-1-3-5-15)23-11-8-16(9-12-23)19-21-22-20(26-19)17-10-13-25-14-17/h1-5,10,13-14,16H,6-9,11-12H2. The highest BCUT2D eigenvalue weighted by Crippen LogP contribution is 2.29. The van der Waals surface area contributed by atoms with Crippen LogP contribution in [-0.4, -0.2) is 34.1 Å². The lowest BCUT2D eigenvalue weighted by atomic mass is 9.96. The summed E-state index contributed by atoms with van der Waals surface area (Å²) in [5.74, 6) is 1.56. The van der Waals surface area contributed by atoms with E-state index < -0.39 is 0 Å². The molecule has 3 aromatic rings. The van der Waals surface area contributed by atoms with Gasteiger partial charge in [0.05, 0.1) is 11.8 Å². The highest BCUT2D eigenvalue weighted by molar-refractivity contribution is 5.76. The molecule has 3 heterocycles. The lowest BCUT2D eigenvalue weighted by Gasteiger charge is -2.30. The van der Waals surface area contributed by atoms with Gasteiger partial charge in [0.15, 0.2) is 0 Å². The van der Waals surface area contributed by atoms with E-state index in [0.29, 0.717) is 18.2 Å². The van der Waals surface area contributed by atoms with E-state index in [2.05, 4.69) is 22.3 Å². The van der Waals surface area contributed by atoms with Crippen LogP contribution in [0.15, 0.2) is 57.8 Å². The van der Waals surface area contributed by atoms with Gasteiger partial charge < -0.3 is 13.7 Å². The van der Waals surface area contributed by atoms with Crippen LogP contribution in [0.2, 0.25) is 0 Å². The number of hydrogen-bond acceptors (Lipinski definition) is 5. The Morgan fingerprint density at radius 1 is 1.12 bits per heavy atom. The summed E-state index contributed by atoms with van der Waals surface area (Å²) in [6.07, 6.45) is 6.22. The predicted octanol–water partition coefficient (Wildman–Crippen LogP) is 3.67. The van der Waals surface area contributed by atoms with E-state index in [9.17, 15) is 4.79 Å². The minimum atomic E-state index is 0.210. The fourth-order valence-electron chi connectivity index (χ4n) is 3.33. The molecule has 4 rings (SSSR count). The van der Waals surface area contributed by atoms with Crippen molar-refractivity contribution in [1.29, 1.82) is 0 Å². The molecule has 0 saturated carbocycles. The monoisotopic (exact) mass is 351 g/mol. The van der Waals surface area contributed by atoms with Gasteiger partial charge in [-0.05, 0) is 30.9 Å². The smallest absolute Gasteiger partial charge is 0.250 e. The molecule has 0 aliphatic carbocycles. The first-order chi connectivity index (χ1) is 12.8. The molecule has 1 fully saturated rings. The number of aromatic nitrogens is 2. The summed E-state index contributed by atoms with van der Waals surface area (Å²) in [7, 11) is 0. The van der Waals surface area contributed by atoms with Gasteiger partial charge in [0.2, 0.25) is 11.8 Å². The van der Waals surface area contributed by atoms with Crippen molar-refractivity contribution in [3.8, 4) is 11.5 Å². The molecule has 1 aliphatic heterocycles. The average molecular weight is 351 g/mol. The number of likely N-dealkylation sites (tertiary alicyclic amines) is 1. The quantitative estimate of drug-likeness (QED) is 0.701. The minimum Gasteiger partial charge on any atom is -0.472 e.